The lowest BCUT2D eigenvalue weighted by molar-refractivity contribution is -0.141. The summed E-state index contributed by atoms with van der Waals surface area (Å²) in [6, 6.07) is 3.26. The Kier molecular flexibility index (Phi) is 4.67. The molecule has 2 N–H and O–H groups in total. The third-order valence-corrected chi connectivity index (χ3v) is 3.00. The van der Waals surface area contributed by atoms with E-state index in [1.807, 2.05) is 0 Å². The summed E-state index contributed by atoms with van der Waals surface area (Å²) in [7, 11) is 0. The van der Waals surface area contributed by atoms with Crippen molar-refractivity contribution in [2.45, 2.75) is 19.9 Å². The maximum Gasteiger partial charge on any atom is 0.308 e. The third kappa shape index (κ3) is 3.20. The SMILES string of the molecule is CC(NC(=O)c1c(F)cccc1Cl)C(C)C(=O)O. The molecule has 0 spiro atoms. The minimum Gasteiger partial charge on any atom is -0.481 e. The van der Waals surface area contributed by atoms with E-state index in [4.69, 9.17) is 16.7 Å². The van der Waals surface area contributed by atoms with Gasteiger partial charge in [0.1, 0.15) is 5.82 Å². The van der Waals surface area contributed by atoms with Gasteiger partial charge in [-0.2, -0.15) is 0 Å². The van der Waals surface area contributed by atoms with Crippen molar-refractivity contribution in [3.05, 3.63) is 34.6 Å². The van der Waals surface area contributed by atoms with Crippen molar-refractivity contribution in [2.75, 3.05) is 0 Å². The normalized spacial score (nSPS) is 13.8. The first-order valence-electron chi connectivity index (χ1n) is 5.32. The van der Waals surface area contributed by atoms with Crippen LogP contribution >= 0.6 is 11.6 Å². The first-order valence-corrected chi connectivity index (χ1v) is 5.70. The molecule has 0 radical (unpaired) electrons. The number of carboxylic acid groups (broad SMARTS) is 1. The zero-order valence-electron chi connectivity index (χ0n) is 9.91. The van der Waals surface area contributed by atoms with E-state index in [9.17, 15) is 14.0 Å². The zero-order chi connectivity index (χ0) is 13.9. The molecule has 1 rings (SSSR count). The van der Waals surface area contributed by atoms with Gasteiger partial charge in [0.15, 0.2) is 0 Å². The second-order valence-corrected chi connectivity index (χ2v) is 4.39. The van der Waals surface area contributed by atoms with E-state index in [0.717, 1.165) is 6.07 Å². The van der Waals surface area contributed by atoms with Gasteiger partial charge in [0.25, 0.3) is 5.91 Å². The van der Waals surface area contributed by atoms with Crippen molar-refractivity contribution in [3.8, 4) is 0 Å². The first-order chi connectivity index (χ1) is 8.34. The van der Waals surface area contributed by atoms with Gasteiger partial charge in [-0.05, 0) is 26.0 Å². The second-order valence-electron chi connectivity index (χ2n) is 3.99. The highest BCUT2D eigenvalue weighted by atomic mass is 35.5. The standard InChI is InChI=1S/C12H13ClFNO3/c1-6(12(17)18)7(2)15-11(16)10-8(13)4-3-5-9(10)14/h3-7H,1-2H3,(H,15,16)(H,17,18). The van der Waals surface area contributed by atoms with Gasteiger partial charge in [0, 0.05) is 6.04 Å². The fourth-order valence-electron chi connectivity index (χ4n) is 1.33. The number of amides is 1. The summed E-state index contributed by atoms with van der Waals surface area (Å²) in [5.41, 5.74) is -0.274. The number of nitrogens with one attached hydrogen (secondary N) is 1. The minimum absolute atomic E-state index is 0.0114. The van der Waals surface area contributed by atoms with Crippen LogP contribution in [-0.2, 0) is 4.79 Å². The Balaban J connectivity index is 2.86. The summed E-state index contributed by atoms with van der Waals surface area (Å²) in [6.07, 6.45) is 0. The summed E-state index contributed by atoms with van der Waals surface area (Å²) >= 11 is 5.73. The van der Waals surface area contributed by atoms with Crippen LogP contribution in [-0.4, -0.2) is 23.0 Å². The van der Waals surface area contributed by atoms with Gasteiger partial charge in [-0.15, -0.1) is 0 Å². The molecule has 2 unspecified atom stereocenters. The lowest BCUT2D eigenvalue weighted by atomic mass is 10.0. The number of hydrogen-bond donors (Lipinski definition) is 2. The molecular formula is C12H13ClFNO3. The number of carbonyl (C=O) groups is 2. The Labute approximate surface area is 109 Å². The number of benzene rings is 1. The average Bonchev–Trinajstić information content (AvgIpc) is 2.27. The lowest BCUT2D eigenvalue weighted by Crippen LogP contribution is -2.40. The number of carbonyl (C=O) groups excluding carboxylic acids is 1. The quantitative estimate of drug-likeness (QED) is 0.885. The van der Waals surface area contributed by atoms with Crippen molar-refractivity contribution in [2.24, 2.45) is 5.92 Å². The van der Waals surface area contributed by atoms with E-state index < -0.39 is 29.7 Å². The molecule has 0 aliphatic rings. The molecule has 18 heavy (non-hydrogen) atoms. The first kappa shape index (κ1) is 14.4. The zero-order valence-corrected chi connectivity index (χ0v) is 10.7. The molecular weight excluding hydrogens is 261 g/mol. The molecule has 0 aliphatic carbocycles. The van der Waals surface area contributed by atoms with Crippen molar-refractivity contribution in [3.63, 3.8) is 0 Å². The number of carboxylic acids is 1. The van der Waals surface area contributed by atoms with Gasteiger partial charge in [-0.3, -0.25) is 9.59 Å². The number of halogens is 2. The van der Waals surface area contributed by atoms with Crippen molar-refractivity contribution in [1.82, 2.24) is 5.32 Å². The molecule has 6 heteroatoms. The second kappa shape index (κ2) is 5.82. The van der Waals surface area contributed by atoms with E-state index in [0.29, 0.717) is 0 Å². The van der Waals surface area contributed by atoms with Gasteiger partial charge in [-0.25, -0.2) is 4.39 Å². The highest BCUT2D eigenvalue weighted by Gasteiger charge is 2.23. The monoisotopic (exact) mass is 273 g/mol. The third-order valence-electron chi connectivity index (χ3n) is 2.69. The molecule has 1 aromatic rings. The molecule has 2 atom stereocenters. The number of rotatable bonds is 4. The summed E-state index contributed by atoms with van der Waals surface area (Å²) in [5.74, 6) is -3.28. The Morgan fingerprint density at radius 1 is 1.39 bits per heavy atom. The van der Waals surface area contributed by atoms with E-state index in [1.54, 1.807) is 0 Å². The Hall–Kier alpha value is -1.62. The fraction of sp³-hybridized carbons (Fsp3) is 0.333. The van der Waals surface area contributed by atoms with Gasteiger partial charge in [0.05, 0.1) is 16.5 Å². The van der Waals surface area contributed by atoms with E-state index >= 15 is 0 Å². The van der Waals surface area contributed by atoms with Gasteiger partial charge in [0.2, 0.25) is 0 Å². The van der Waals surface area contributed by atoms with Crippen LogP contribution in [0.3, 0.4) is 0 Å². The molecule has 0 heterocycles. The highest BCUT2D eigenvalue weighted by molar-refractivity contribution is 6.33. The summed E-state index contributed by atoms with van der Waals surface area (Å²) in [4.78, 5) is 22.5. The Morgan fingerprint density at radius 3 is 2.50 bits per heavy atom. The van der Waals surface area contributed by atoms with Crippen LogP contribution in [0.2, 0.25) is 5.02 Å². The minimum atomic E-state index is -1.04. The predicted octanol–water partition coefficient (Wildman–Crippen LogP) is 2.32. The summed E-state index contributed by atoms with van der Waals surface area (Å²) in [5, 5.41) is 11.2. The van der Waals surface area contributed by atoms with Gasteiger partial charge < -0.3 is 10.4 Å². The molecule has 0 fully saturated rings. The van der Waals surface area contributed by atoms with E-state index in [2.05, 4.69) is 5.32 Å². The van der Waals surface area contributed by atoms with Crippen LogP contribution in [0.15, 0.2) is 18.2 Å². The topological polar surface area (TPSA) is 66.4 Å². The molecule has 98 valence electrons. The highest BCUT2D eigenvalue weighted by Crippen LogP contribution is 2.19. The smallest absolute Gasteiger partial charge is 0.308 e. The van der Waals surface area contributed by atoms with E-state index in [-0.39, 0.29) is 10.6 Å². The van der Waals surface area contributed by atoms with Crippen LogP contribution in [0, 0.1) is 11.7 Å². The Morgan fingerprint density at radius 2 is 2.00 bits per heavy atom. The average molecular weight is 274 g/mol. The van der Waals surface area contributed by atoms with Gasteiger partial charge in [-0.1, -0.05) is 17.7 Å². The number of aliphatic carboxylic acids is 1. The molecule has 0 aliphatic heterocycles. The molecule has 0 saturated heterocycles. The van der Waals surface area contributed by atoms with Gasteiger partial charge >= 0.3 is 5.97 Å². The van der Waals surface area contributed by atoms with Crippen LogP contribution in [0.25, 0.3) is 0 Å². The van der Waals surface area contributed by atoms with E-state index in [1.165, 1.54) is 26.0 Å². The molecule has 0 saturated carbocycles. The molecule has 4 nitrogen and oxygen atoms in total. The van der Waals surface area contributed by atoms with Crippen LogP contribution in [0.5, 0.6) is 0 Å². The maximum atomic E-state index is 13.4. The Bertz CT molecular complexity index is 458. The van der Waals surface area contributed by atoms with Crippen LogP contribution in [0.1, 0.15) is 24.2 Å². The summed E-state index contributed by atoms with van der Waals surface area (Å²) in [6.45, 7) is 2.99. The van der Waals surface area contributed by atoms with Crippen molar-refractivity contribution >= 4 is 23.5 Å². The van der Waals surface area contributed by atoms with Crippen molar-refractivity contribution in [1.29, 1.82) is 0 Å². The molecule has 1 aromatic carbocycles. The van der Waals surface area contributed by atoms with Crippen molar-refractivity contribution < 1.29 is 19.1 Å². The largest absolute Gasteiger partial charge is 0.481 e. The van der Waals surface area contributed by atoms with Crippen LogP contribution < -0.4 is 5.32 Å². The maximum absolute atomic E-state index is 13.4. The van der Waals surface area contributed by atoms with Crippen LogP contribution in [0.4, 0.5) is 4.39 Å². The predicted molar refractivity (Wildman–Crippen MR) is 65.1 cm³/mol. The molecule has 0 aromatic heterocycles. The molecule has 0 bridgehead atoms. The lowest BCUT2D eigenvalue weighted by Gasteiger charge is -2.18. The number of hydrogen-bond acceptors (Lipinski definition) is 2. The fourth-order valence-corrected chi connectivity index (χ4v) is 1.58. The summed E-state index contributed by atoms with van der Waals surface area (Å²) < 4.78 is 13.4. The molecule has 1 amide bonds.